The average molecular weight is 446 g/mol. The van der Waals surface area contributed by atoms with Gasteiger partial charge in [0, 0.05) is 43.5 Å². The second kappa shape index (κ2) is 8.06. The SMILES string of the molecule is CCOCC1CCC2(CC1)Cc1nc(-c3ccc(F)cc3)c(-c3ccc4ncnn4c3)n1C2. The Morgan fingerprint density at radius 3 is 2.67 bits per heavy atom. The van der Waals surface area contributed by atoms with Crippen LogP contribution in [0.4, 0.5) is 4.39 Å². The molecule has 6 nitrogen and oxygen atoms in total. The molecular weight excluding hydrogens is 417 g/mol. The maximum Gasteiger partial charge on any atom is 0.155 e. The molecular formula is C26H28FN5O. The maximum atomic E-state index is 13.6. The van der Waals surface area contributed by atoms with E-state index in [4.69, 9.17) is 9.72 Å². The van der Waals surface area contributed by atoms with Crippen molar-refractivity contribution in [3.05, 3.63) is 60.6 Å². The topological polar surface area (TPSA) is 57.2 Å². The molecule has 1 aliphatic heterocycles. The fourth-order valence-electron chi connectivity index (χ4n) is 5.67. The van der Waals surface area contributed by atoms with E-state index >= 15 is 0 Å². The zero-order chi connectivity index (χ0) is 22.4. The number of fused-ring (bicyclic) bond motifs is 2. The van der Waals surface area contributed by atoms with Crippen molar-refractivity contribution in [3.8, 4) is 22.5 Å². The second-order valence-corrected chi connectivity index (χ2v) is 9.58. The van der Waals surface area contributed by atoms with Crippen LogP contribution in [0.15, 0.2) is 48.9 Å². The van der Waals surface area contributed by atoms with E-state index in [1.165, 1.54) is 37.8 Å². The highest BCUT2D eigenvalue weighted by Crippen LogP contribution is 2.49. The zero-order valence-electron chi connectivity index (χ0n) is 18.9. The molecule has 0 radical (unpaired) electrons. The maximum absolute atomic E-state index is 13.6. The number of ether oxygens (including phenoxy) is 1. The smallest absolute Gasteiger partial charge is 0.155 e. The van der Waals surface area contributed by atoms with E-state index < -0.39 is 0 Å². The molecule has 0 amide bonds. The van der Waals surface area contributed by atoms with E-state index in [2.05, 4.69) is 27.6 Å². The lowest BCUT2D eigenvalue weighted by Gasteiger charge is -2.36. The molecule has 1 aliphatic carbocycles. The summed E-state index contributed by atoms with van der Waals surface area (Å²) < 4.78 is 23.5. The van der Waals surface area contributed by atoms with Crippen molar-refractivity contribution in [2.24, 2.45) is 11.3 Å². The van der Waals surface area contributed by atoms with E-state index in [-0.39, 0.29) is 11.2 Å². The zero-order valence-corrected chi connectivity index (χ0v) is 18.9. The predicted octanol–water partition coefficient (Wildman–Crippen LogP) is 5.17. The van der Waals surface area contributed by atoms with Gasteiger partial charge >= 0.3 is 0 Å². The largest absolute Gasteiger partial charge is 0.381 e. The predicted molar refractivity (Wildman–Crippen MR) is 124 cm³/mol. The van der Waals surface area contributed by atoms with Crippen LogP contribution in [0.5, 0.6) is 0 Å². The fraction of sp³-hybridized carbons (Fsp3) is 0.423. The fourth-order valence-corrected chi connectivity index (χ4v) is 5.67. The van der Waals surface area contributed by atoms with Crippen LogP contribution in [0.3, 0.4) is 0 Å². The van der Waals surface area contributed by atoms with Gasteiger partial charge in [0.2, 0.25) is 0 Å². The van der Waals surface area contributed by atoms with Gasteiger partial charge in [-0.15, -0.1) is 0 Å². The molecule has 1 saturated carbocycles. The third-order valence-electron chi connectivity index (χ3n) is 7.46. The summed E-state index contributed by atoms with van der Waals surface area (Å²) in [5, 5.41) is 4.33. The van der Waals surface area contributed by atoms with Crippen molar-refractivity contribution in [2.45, 2.75) is 45.6 Å². The summed E-state index contributed by atoms with van der Waals surface area (Å²) in [6.45, 7) is 4.72. The first-order valence-corrected chi connectivity index (χ1v) is 11.9. The normalized spacial score (nSPS) is 22.3. The Balaban J connectivity index is 1.38. The van der Waals surface area contributed by atoms with Gasteiger partial charge in [0.1, 0.15) is 18.0 Å². The van der Waals surface area contributed by atoms with Gasteiger partial charge in [0.15, 0.2) is 5.65 Å². The Morgan fingerprint density at radius 2 is 1.88 bits per heavy atom. The summed E-state index contributed by atoms with van der Waals surface area (Å²) in [6.07, 6.45) is 9.43. The molecule has 3 aromatic heterocycles. The number of aromatic nitrogens is 5. The molecule has 1 aromatic carbocycles. The highest BCUT2D eigenvalue weighted by molar-refractivity contribution is 5.79. The third kappa shape index (κ3) is 3.64. The molecule has 33 heavy (non-hydrogen) atoms. The highest BCUT2D eigenvalue weighted by atomic mass is 19.1. The molecule has 0 saturated heterocycles. The van der Waals surface area contributed by atoms with E-state index in [1.54, 1.807) is 10.8 Å². The molecule has 1 spiro atoms. The molecule has 0 atom stereocenters. The van der Waals surface area contributed by atoms with Crippen LogP contribution in [0.25, 0.3) is 28.2 Å². The summed E-state index contributed by atoms with van der Waals surface area (Å²) in [5.74, 6) is 1.57. The van der Waals surface area contributed by atoms with Gasteiger partial charge in [0.05, 0.1) is 11.4 Å². The summed E-state index contributed by atoms with van der Waals surface area (Å²) in [4.78, 5) is 9.40. The molecule has 0 unspecified atom stereocenters. The van der Waals surface area contributed by atoms with Gasteiger partial charge in [-0.2, -0.15) is 5.10 Å². The van der Waals surface area contributed by atoms with Crippen LogP contribution in [-0.4, -0.2) is 37.4 Å². The summed E-state index contributed by atoms with van der Waals surface area (Å²) in [7, 11) is 0. The molecule has 0 bridgehead atoms. The van der Waals surface area contributed by atoms with E-state index in [1.807, 2.05) is 24.4 Å². The number of rotatable bonds is 5. The monoisotopic (exact) mass is 445 g/mol. The highest BCUT2D eigenvalue weighted by Gasteiger charge is 2.43. The van der Waals surface area contributed by atoms with Crippen LogP contribution >= 0.6 is 0 Å². The standard InChI is InChI=1S/C26H28FN5O/c1-2-33-15-18-9-11-26(12-10-18)13-23-30-24(19-3-6-21(27)7-4-19)25(31(23)16-26)20-5-8-22-28-17-29-32(22)14-20/h3-8,14,17-18H,2,9-13,15-16H2,1H3. The van der Waals surface area contributed by atoms with Gasteiger partial charge < -0.3 is 9.30 Å². The molecule has 1 fully saturated rings. The van der Waals surface area contributed by atoms with Gasteiger partial charge in [0.25, 0.3) is 0 Å². The van der Waals surface area contributed by atoms with E-state index in [0.717, 1.165) is 60.2 Å². The number of nitrogens with zero attached hydrogens (tertiary/aromatic N) is 5. The number of hydrogen-bond acceptors (Lipinski definition) is 4. The molecule has 0 N–H and O–H groups in total. The third-order valence-corrected chi connectivity index (χ3v) is 7.46. The van der Waals surface area contributed by atoms with Crippen LogP contribution in [0.2, 0.25) is 0 Å². The summed E-state index contributed by atoms with van der Waals surface area (Å²) >= 11 is 0. The minimum absolute atomic E-state index is 0.237. The molecule has 7 heteroatoms. The molecule has 170 valence electrons. The first-order chi connectivity index (χ1) is 16.1. The Bertz CT molecular complexity index is 1280. The Labute approximate surface area is 192 Å². The van der Waals surface area contributed by atoms with Crippen LogP contribution < -0.4 is 0 Å². The van der Waals surface area contributed by atoms with Crippen molar-refractivity contribution >= 4 is 5.65 Å². The van der Waals surface area contributed by atoms with Crippen molar-refractivity contribution in [1.82, 2.24) is 24.1 Å². The Hall–Kier alpha value is -3.06. The number of pyridine rings is 1. The van der Waals surface area contributed by atoms with Crippen molar-refractivity contribution in [1.29, 1.82) is 0 Å². The summed E-state index contributed by atoms with van der Waals surface area (Å²) in [6, 6.07) is 10.7. The van der Waals surface area contributed by atoms with Crippen molar-refractivity contribution < 1.29 is 9.13 Å². The quantitative estimate of drug-likeness (QED) is 0.425. The van der Waals surface area contributed by atoms with E-state index in [0.29, 0.717) is 5.92 Å². The van der Waals surface area contributed by atoms with Gasteiger partial charge in [-0.1, -0.05) is 0 Å². The van der Waals surface area contributed by atoms with Crippen LogP contribution in [-0.2, 0) is 17.7 Å². The number of hydrogen-bond donors (Lipinski definition) is 0. The Kier molecular flexibility index (Phi) is 5.02. The number of benzene rings is 1. The van der Waals surface area contributed by atoms with Crippen LogP contribution in [0.1, 0.15) is 38.4 Å². The summed E-state index contributed by atoms with van der Waals surface area (Å²) in [5.41, 5.74) is 5.06. The first kappa shape index (κ1) is 20.5. The van der Waals surface area contributed by atoms with Gasteiger partial charge in [-0.05, 0) is 80.3 Å². The Morgan fingerprint density at radius 1 is 1.09 bits per heavy atom. The molecule has 4 heterocycles. The van der Waals surface area contributed by atoms with Crippen molar-refractivity contribution in [2.75, 3.05) is 13.2 Å². The molecule has 2 aliphatic rings. The minimum atomic E-state index is -0.237. The molecule has 6 rings (SSSR count). The van der Waals surface area contributed by atoms with Gasteiger partial charge in [-0.3, -0.25) is 0 Å². The number of imidazole rings is 1. The number of halogens is 1. The minimum Gasteiger partial charge on any atom is -0.381 e. The lowest BCUT2D eigenvalue weighted by atomic mass is 9.70. The van der Waals surface area contributed by atoms with Gasteiger partial charge in [-0.25, -0.2) is 18.9 Å². The van der Waals surface area contributed by atoms with Crippen molar-refractivity contribution in [3.63, 3.8) is 0 Å². The first-order valence-electron chi connectivity index (χ1n) is 11.9. The lowest BCUT2D eigenvalue weighted by molar-refractivity contribution is 0.0621. The van der Waals surface area contributed by atoms with E-state index in [9.17, 15) is 4.39 Å². The average Bonchev–Trinajstić information content (AvgIpc) is 3.52. The second-order valence-electron chi connectivity index (χ2n) is 9.58. The molecule has 4 aromatic rings. The lowest BCUT2D eigenvalue weighted by Crippen LogP contribution is -2.30. The van der Waals surface area contributed by atoms with Crippen LogP contribution in [0, 0.1) is 17.2 Å².